The first-order valence-corrected chi connectivity index (χ1v) is 5.86. The molecule has 2 heterocycles. The van der Waals surface area contributed by atoms with E-state index in [0.29, 0.717) is 12.8 Å². The Morgan fingerprint density at radius 3 is 2.58 bits per heavy atom. The molecule has 0 amide bonds. The third-order valence-corrected chi connectivity index (χ3v) is 2.79. The van der Waals surface area contributed by atoms with Gasteiger partial charge in [-0.25, -0.2) is 4.98 Å². The number of rotatable bonds is 2. The fourth-order valence-electron chi connectivity index (χ4n) is 1.86. The van der Waals surface area contributed by atoms with Gasteiger partial charge in [0, 0.05) is 6.07 Å². The van der Waals surface area contributed by atoms with Crippen LogP contribution in [0.4, 0.5) is 13.2 Å². The lowest BCUT2D eigenvalue weighted by molar-refractivity contribution is -0.141. The van der Waals surface area contributed by atoms with Gasteiger partial charge in [0.25, 0.3) is 0 Å². The Hall–Kier alpha value is -1.81. The number of piperidine rings is 1. The van der Waals surface area contributed by atoms with Crippen LogP contribution in [0.5, 0.6) is 5.88 Å². The van der Waals surface area contributed by atoms with Crippen LogP contribution in [0.15, 0.2) is 12.1 Å². The van der Waals surface area contributed by atoms with Gasteiger partial charge in [-0.2, -0.15) is 18.4 Å². The molecule has 1 saturated heterocycles. The van der Waals surface area contributed by atoms with Crippen molar-refractivity contribution in [1.82, 2.24) is 10.3 Å². The van der Waals surface area contributed by atoms with E-state index in [0.717, 1.165) is 19.2 Å². The molecule has 0 atom stereocenters. The summed E-state index contributed by atoms with van der Waals surface area (Å²) in [5, 5.41) is 11.9. The zero-order chi connectivity index (χ0) is 13.9. The van der Waals surface area contributed by atoms with Gasteiger partial charge >= 0.3 is 6.18 Å². The predicted molar refractivity (Wildman–Crippen MR) is 60.5 cm³/mol. The van der Waals surface area contributed by atoms with Crippen LogP contribution >= 0.6 is 0 Å². The first-order valence-electron chi connectivity index (χ1n) is 5.86. The van der Waals surface area contributed by atoms with E-state index >= 15 is 0 Å². The maximum atomic E-state index is 12.6. The summed E-state index contributed by atoms with van der Waals surface area (Å²) in [6.45, 7) is 1.52. The minimum Gasteiger partial charge on any atom is -0.474 e. The van der Waals surface area contributed by atoms with Crippen molar-refractivity contribution >= 4 is 0 Å². The van der Waals surface area contributed by atoms with Crippen molar-refractivity contribution in [2.45, 2.75) is 25.1 Å². The Morgan fingerprint density at radius 1 is 1.32 bits per heavy atom. The SMILES string of the molecule is N#Cc1cc(OC2CCNCC2)nc(C(F)(F)F)c1. The molecule has 0 aromatic carbocycles. The molecule has 0 aliphatic carbocycles. The summed E-state index contributed by atoms with van der Waals surface area (Å²) in [6, 6.07) is 3.64. The summed E-state index contributed by atoms with van der Waals surface area (Å²) >= 11 is 0. The molecule has 1 aromatic heterocycles. The average Bonchev–Trinajstić information content (AvgIpc) is 2.38. The average molecular weight is 271 g/mol. The molecule has 0 radical (unpaired) electrons. The number of pyridine rings is 1. The second kappa shape index (κ2) is 5.45. The van der Waals surface area contributed by atoms with E-state index in [1.54, 1.807) is 6.07 Å². The molecule has 4 nitrogen and oxygen atoms in total. The molecule has 19 heavy (non-hydrogen) atoms. The minimum atomic E-state index is -4.58. The number of hydrogen-bond donors (Lipinski definition) is 1. The van der Waals surface area contributed by atoms with E-state index in [2.05, 4.69) is 10.3 Å². The predicted octanol–water partition coefficient (Wildman–Crippen LogP) is 2.10. The number of aromatic nitrogens is 1. The fraction of sp³-hybridized carbons (Fsp3) is 0.500. The summed E-state index contributed by atoms with van der Waals surface area (Å²) in [6.07, 6.45) is -3.33. The summed E-state index contributed by atoms with van der Waals surface area (Å²) in [5.74, 6) is -0.140. The van der Waals surface area contributed by atoms with Crippen molar-refractivity contribution in [2.75, 3.05) is 13.1 Å². The van der Waals surface area contributed by atoms with Gasteiger partial charge in [0.15, 0.2) is 0 Å². The highest BCUT2D eigenvalue weighted by atomic mass is 19.4. The number of hydrogen-bond acceptors (Lipinski definition) is 4. The smallest absolute Gasteiger partial charge is 0.433 e. The molecular weight excluding hydrogens is 259 g/mol. The lowest BCUT2D eigenvalue weighted by Gasteiger charge is -2.23. The van der Waals surface area contributed by atoms with Gasteiger partial charge in [-0.05, 0) is 32.0 Å². The van der Waals surface area contributed by atoms with Crippen LogP contribution in [0.25, 0.3) is 0 Å². The minimum absolute atomic E-state index is 0.105. The zero-order valence-corrected chi connectivity index (χ0v) is 10.00. The molecular formula is C12H12F3N3O. The second-order valence-corrected chi connectivity index (χ2v) is 4.26. The second-order valence-electron chi connectivity index (χ2n) is 4.26. The first-order chi connectivity index (χ1) is 8.99. The van der Waals surface area contributed by atoms with Gasteiger partial charge in [0.1, 0.15) is 11.8 Å². The number of ether oxygens (including phenoxy) is 1. The largest absolute Gasteiger partial charge is 0.474 e. The maximum absolute atomic E-state index is 12.6. The molecule has 1 N–H and O–H groups in total. The Labute approximate surface area is 108 Å². The van der Waals surface area contributed by atoms with Crippen LogP contribution in [0.1, 0.15) is 24.1 Å². The molecule has 7 heteroatoms. The van der Waals surface area contributed by atoms with Crippen molar-refractivity contribution in [3.63, 3.8) is 0 Å². The Bertz CT molecular complexity index is 490. The lowest BCUT2D eigenvalue weighted by Crippen LogP contribution is -2.34. The summed E-state index contributed by atoms with van der Waals surface area (Å²) in [4.78, 5) is 3.43. The quantitative estimate of drug-likeness (QED) is 0.895. The normalized spacial score (nSPS) is 16.9. The van der Waals surface area contributed by atoms with Crippen molar-refractivity contribution in [3.05, 3.63) is 23.4 Å². The van der Waals surface area contributed by atoms with E-state index in [9.17, 15) is 13.2 Å². The molecule has 2 rings (SSSR count). The van der Waals surface area contributed by atoms with Crippen LogP contribution in [-0.2, 0) is 6.18 Å². The highest BCUT2D eigenvalue weighted by molar-refractivity contribution is 5.35. The third-order valence-electron chi connectivity index (χ3n) is 2.79. The van der Waals surface area contributed by atoms with Crippen LogP contribution in [0.3, 0.4) is 0 Å². The van der Waals surface area contributed by atoms with Gasteiger partial charge < -0.3 is 10.1 Å². The van der Waals surface area contributed by atoms with Gasteiger partial charge in [0.2, 0.25) is 5.88 Å². The zero-order valence-electron chi connectivity index (χ0n) is 10.00. The van der Waals surface area contributed by atoms with Crippen LogP contribution in [-0.4, -0.2) is 24.2 Å². The molecule has 1 fully saturated rings. The highest BCUT2D eigenvalue weighted by Crippen LogP contribution is 2.30. The van der Waals surface area contributed by atoms with Crippen LogP contribution < -0.4 is 10.1 Å². The summed E-state index contributed by atoms with van der Waals surface area (Å²) in [7, 11) is 0. The third kappa shape index (κ3) is 3.58. The van der Waals surface area contributed by atoms with Crippen molar-refractivity contribution in [3.8, 4) is 11.9 Å². The van der Waals surface area contributed by atoms with Crippen LogP contribution in [0, 0.1) is 11.3 Å². The number of nitriles is 1. The van der Waals surface area contributed by atoms with E-state index in [1.807, 2.05) is 0 Å². The van der Waals surface area contributed by atoms with Crippen molar-refractivity contribution in [1.29, 1.82) is 5.26 Å². The monoisotopic (exact) mass is 271 g/mol. The molecule has 0 bridgehead atoms. The van der Waals surface area contributed by atoms with E-state index in [1.165, 1.54) is 6.07 Å². The number of halogens is 3. The lowest BCUT2D eigenvalue weighted by atomic mass is 10.1. The number of alkyl halides is 3. The van der Waals surface area contributed by atoms with Crippen molar-refractivity contribution in [2.24, 2.45) is 0 Å². The fourth-order valence-corrected chi connectivity index (χ4v) is 1.86. The Balaban J connectivity index is 2.22. The van der Waals surface area contributed by atoms with E-state index in [4.69, 9.17) is 10.00 Å². The van der Waals surface area contributed by atoms with Gasteiger partial charge in [-0.3, -0.25) is 0 Å². The Kier molecular flexibility index (Phi) is 3.90. The van der Waals surface area contributed by atoms with Gasteiger partial charge in [-0.1, -0.05) is 0 Å². The molecule has 1 aromatic rings. The topological polar surface area (TPSA) is 57.9 Å². The Morgan fingerprint density at radius 2 is 2.00 bits per heavy atom. The number of nitrogens with one attached hydrogen (secondary N) is 1. The molecule has 1 aliphatic rings. The van der Waals surface area contributed by atoms with Gasteiger partial charge in [0.05, 0.1) is 11.6 Å². The highest BCUT2D eigenvalue weighted by Gasteiger charge is 2.33. The number of nitrogens with zero attached hydrogens (tertiary/aromatic N) is 2. The standard InChI is InChI=1S/C12H12F3N3O/c13-12(14,15)10-5-8(7-16)6-11(18-10)19-9-1-3-17-4-2-9/h5-6,9,17H,1-4H2. The summed E-state index contributed by atoms with van der Waals surface area (Å²) in [5.41, 5.74) is -1.21. The maximum Gasteiger partial charge on any atom is 0.433 e. The molecule has 0 spiro atoms. The first kappa shape index (κ1) is 13.6. The van der Waals surface area contributed by atoms with E-state index in [-0.39, 0.29) is 17.5 Å². The molecule has 1 aliphatic heterocycles. The van der Waals surface area contributed by atoms with E-state index < -0.39 is 11.9 Å². The molecule has 102 valence electrons. The molecule has 0 unspecified atom stereocenters. The van der Waals surface area contributed by atoms with Crippen molar-refractivity contribution < 1.29 is 17.9 Å². The van der Waals surface area contributed by atoms with Crippen LogP contribution in [0.2, 0.25) is 0 Å². The van der Waals surface area contributed by atoms with Gasteiger partial charge in [-0.15, -0.1) is 0 Å². The molecule has 0 saturated carbocycles. The summed E-state index contributed by atoms with van der Waals surface area (Å²) < 4.78 is 43.3.